The van der Waals surface area contributed by atoms with Gasteiger partial charge in [-0.15, -0.1) is 0 Å². The van der Waals surface area contributed by atoms with E-state index in [4.69, 9.17) is 0 Å². The number of anilines is 1. The molecule has 3 aliphatic rings. The van der Waals surface area contributed by atoms with Gasteiger partial charge in [0.25, 0.3) is 5.91 Å². The average molecular weight is 302 g/mol. The number of amides is 1. The van der Waals surface area contributed by atoms with Gasteiger partial charge >= 0.3 is 0 Å². The molecule has 1 amide bonds. The Morgan fingerprint density at radius 2 is 2.23 bits per heavy atom. The van der Waals surface area contributed by atoms with Crippen molar-refractivity contribution < 1.29 is 4.79 Å². The largest absolute Gasteiger partial charge is 0.355 e. The second kappa shape index (κ2) is 6.65. The molecule has 4 heterocycles. The number of nitrogens with one attached hydrogen (secondary N) is 1. The number of rotatable bonds is 4. The lowest BCUT2D eigenvalue weighted by atomic mass is 9.95. The number of carbonyl (C=O) groups excluding carboxylic acids is 1. The zero-order valence-corrected chi connectivity index (χ0v) is 13.6. The van der Waals surface area contributed by atoms with Crippen molar-refractivity contribution in [1.29, 1.82) is 0 Å². The molecule has 1 aromatic rings. The van der Waals surface area contributed by atoms with Crippen LogP contribution in [0.2, 0.25) is 0 Å². The highest BCUT2D eigenvalue weighted by molar-refractivity contribution is 5.98. The van der Waals surface area contributed by atoms with Gasteiger partial charge in [0.05, 0.1) is 5.56 Å². The topological polar surface area (TPSA) is 48.5 Å². The molecule has 4 rings (SSSR count). The molecule has 3 aliphatic heterocycles. The smallest absolute Gasteiger partial charge is 0.254 e. The molecule has 0 unspecified atom stereocenters. The number of fused-ring (bicyclic) bond motifs is 4. The summed E-state index contributed by atoms with van der Waals surface area (Å²) < 4.78 is 0. The first-order valence-electron chi connectivity index (χ1n) is 8.39. The Morgan fingerprint density at radius 1 is 1.36 bits per heavy atom. The van der Waals surface area contributed by atoms with Crippen LogP contribution in [0.15, 0.2) is 18.3 Å². The SMILES string of the molecule is CCCN1C[C@H]2CC[C@@H]1CN(c1ncccc1C(=O)NC)C2. The number of hydrogen-bond acceptors (Lipinski definition) is 4. The Hall–Kier alpha value is -1.62. The molecule has 1 aromatic heterocycles. The normalized spacial score (nSPS) is 25.1. The predicted octanol–water partition coefficient (Wildman–Crippen LogP) is 1.75. The summed E-state index contributed by atoms with van der Waals surface area (Å²) in [5, 5.41) is 2.73. The van der Waals surface area contributed by atoms with Crippen LogP contribution in [0.3, 0.4) is 0 Å². The molecule has 5 nitrogen and oxygen atoms in total. The van der Waals surface area contributed by atoms with Gasteiger partial charge < -0.3 is 10.2 Å². The van der Waals surface area contributed by atoms with Gasteiger partial charge in [0.1, 0.15) is 5.82 Å². The Labute approximate surface area is 132 Å². The molecule has 0 aromatic carbocycles. The summed E-state index contributed by atoms with van der Waals surface area (Å²) in [6.07, 6.45) is 5.56. The monoisotopic (exact) mass is 302 g/mol. The van der Waals surface area contributed by atoms with Crippen LogP contribution in [0, 0.1) is 5.92 Å². The minimum Gasteiger partial charge on any atom is -0.355 e. The molecule has 1 N–H and O–H groups in total. The number of aromatic nitrogens is 1. The lowest BCUT2D eigenvalue weighted by Gasteiger charge is -2.35. The molecule has 0 spiro atoms. The van der Waals surface area contributed by atoms with Crippen molar-refractivity contribution >= 4 is 11.7 Å². The molecule has 2 atom stereocenters. The van der Waals surface area contributed by atoms with Crippen molar-refractivity contribution in [3.8, 4) is 0 Å². The average Bonchev–Trinajstić information content (AvgIpc) is 2.86. The van der Waals surface area contributed by atoms with Gasteiger partial charge in [-0.1, -0.05) is 6.92 Å². The molecule has 22 heavy (non-hydrogen) atoms. The Balaban J connectivity index is 1.86. The number of nitrogens with zero attached hydrogens (tertiary/aromatic N) is 3. The standard InChI is InChI=1S/C17H26N4O/c1-3-9-20-10-13-6-7-14(20)12-21(11-13)16-15(17(22)18-2)5-4-8-19-16/h4-5,8,13-14H,3,6-7,9-12H2,1-2H3,(H,18,22)/t13-,14-/m1/s1. The number of carbonyl (C=O) groups is 1. The summed E-state index contributed by atoms with van der Waals surface area (Å²) in [5.41, 5.74) is 0.688. The fourth-order valence-electron chi connectivity index (χ4n) is 3.87. The molecular weight excluding hydrogens is 276 g/mol. The molecule has 5 heteroatoms. The van der Waals surface area contributed by atoms with E-state index in [1.54, 1.807) is 13.2 Å². The number of piperidine rings is 1. The molecular formula is C17H26N4O. The third-order valence-electron chi connectivity index (χ3n) is 4.90. The van der Waals surface area contributed by atoms with Crippen LogP contribution in [-0.2, 0) is 0 Å². The Morgan fingerprint density at radius 3 is 3.00 bits per heavy atom. The van der Waals surface area contributed by atoms with Crippen molar-refractivity contribution in [1.82, 2.24) is 15.2 Å². The van der Waals surface area contributed by atoms with Crippen LogP contribution < -0.4 is 10.2 Å². The number of pyridine rings is 1. The predicted molar refractivity (Wildman–Crippen MR) is 88.2 cm³/mol. The molecule has 2 bridgehead atoms. The van der Waals surface area contributed by atoms with E-state index in [1.807, 2.05) is 12.1 Å². The van der Waals surface area contributed by atoms with Crippen molar-refractivity contribution in [2.75, 3.05) is 38.1 Å². The zero-order valence-electron chi connectivity index (χ0n) is 13.6. The Bertz CT molecular complexity index is 533. The lowest BCUT2D eigenvalue weighted by molar-refractivity contribution is 0.0963. The summed E-state index contributed by atoms with van der Waals surface area (Å²) in [7, 11) is 1.67. The molecule has 3 fully saturated rings. The van der Waals surface area contributed by atoms with Crippen molar-refractivity contribution in [3.63, 3.8) is 0 Å². The molecule has 3 saturated heterocycles. The fraction of sp³-hybridized carbons (Fsp3) is 0.647. The van der Waals surface area contributed by atoms with Gasteiger partial charge in [-0.25, -0.2) is 4.98 Å². The van der Waals surface area contributed by atoms with Crippen LogP contribution in [0.4, 0.5) is 5.82 Å². The van der Waals surface area contributed by atoms with Crippen LogP contribution >= 0.6 is 0 Å². The summed E-state index contributed by atoms with van der Waals surface area (Å²) in [6.45, 7) is 6.62. The van der Waals surface area contributed by atoms with Crippen molar-refractivity contribution in [2.24, 2.45) is 5.92 Å². The van der Waals surface area contributed by atoms with E-state index in [9.17, 15) is 4.79 Å². The van der Waals surface area contributed by atoms with Gasteiger partial charge in [0.15, 0.2) is 0 Å². The van der Waals surface area contributed by atoms with Crippen LogP contribution in [0.5, 0.6) is 0 Å². The molecule has 0 aliphatic carbocycles. The van der Waals surface area contributed by atoms with Crippen molar-refractivity contribution in [2.45, 2.75) is 32.2 Å². The van der Waals surface area contributed by atoms with Gasteiger partial charge in [0.2, 0.25) is 0 Å². The summed E-state index contributed by atoms with van der Waals surface area (Å²) in [5.74, 6) is 1.48. The van der Waals surface area contributed by atoms with Gasteiger partial charge in [-0.05, 0) is 43.9 Å². The van der Waals surface area contributed by atoms with E-state index < -0.39 is 0 Å². The maximum atomic E-state index is 12.1. The van der Waals surface area contributed by atoms with E-state index in [0.717, 1.165) is 18.9 Å². The van der Waals surface area contributed by atoms with E-state index in [-0.39, 0.29) is 5.91 Å². The third kappa shape index (κ3) is 2.95. The van der Waals surface area contributed by atoms with Gasteiger partial charge in [-0.2, -0.15) is 0 Å². The minimum atomic E-state index is -0.0508. The minimum absolute atomic E-state index is 0.0508. The Kier molecular flexibility index (Phi) is 4.62. The first kappa shape index (κ1) is 15.3. The van der Waals surface area contributed by atoms with E-state index in [2.05, 4.69) is 27.0 Å². The first-order valence-corrected chi connectivity index (χ1v) is 8.39. The molecule has 120 valence electrons. The highest BCUT2D eigenvalue weighted by Gasteiger charge is 2.35. The maximum absolute atomic E-state index is 12.1. The quantitative estimate of drug-likeness (QED) is 0.920. The zero-order chi connectivity index (χ0) is 15.5. The maximum Gasteiger partial charge on any atom is 0.254 e. The highest BCUT2D eigenvalue weighted by Crippen LogP contribution is 2.31. The highest BCUT2D eigenvalue weighted by atomic mass is 16.1. The summed E-state index contributed by atoms with van der Waals surface area (Å²) in [4.78, 5) is 21.6. The number of hydrogen-bond donors (Lipinski definition) is 1. The van der Waals surface area contributed by atoms with Crippen LogP contribution in [0.25, 0.3) is 0 Å². The summed E-state index contributed by atoms with van der Waals surface area (Å²) in [6, 6.07) is 4.31. The van der Waals surface area contributed by atoms with Gasteiger partial charge in [0, 0.05) is 38.9 Å². The van der Waals surface area contributed by atoms with Crippen molar-refractivity contribution in [3.05, 3.63) is 23.9 Å². The fourth-order valence-corrected chi connectivity index (χ4v) is 3.87. The summed E-state index contributed by atoms with van der Waals surface area (Å²) >= 11 is 0. The lowest BCUT2D eigenvalue weighted by Crippen LogP contribution is -2.44. The van der Waals surface area contributed by atoms with E-state index in [0.29, 0.717) is 17.5 Å². The molecule has 0 radical (unpaired) electrons. The third-order valence-corrected chi connectivity index (χ3v) is 4.90. The second-order valence-electron chi connectivity index (χ2n) is 6.45. The second-order valence-corrected chi connectivity index (χ2v) is 6.45. The molecule has 0 saturated carbocycles. The van der Waals surface area contributed by atoms with E-state index in [1.165, 1.54) is 32.4 Å². The van der Waals surface area contributed by atoms with Crippen LogP contribution in [0.1, 0.15) is 36.5 Å². The van der Waals surface area contributed by atoms with E-state index >= 15 is 0 Å². The van der Waals surface area contributed by atoms with Gasteiger partial charge in [-0.3, -0.25) is 9.69 Å². The van der Waals surface area contributed by atoms with Crippen LogP contribution in [-0.4, -0.2) is 55.1 Å². The first-order chi connectivity index (χ1) is 10.7.